The van der Waals surface area contributed by atoms with E-state index >= 15 is 0 Å². The third kappa shape index (κ3) is 2.18. The van der Waals surface area contributed by atoms with Crippen LogP contribution >= 0.6 is 0 Å². The van der Waals surface area contributed by atoms with Crippen LogP contribution in [0.4, 0.5) is 5.69 Å². The van der Waals surface area contributed by atoms with E-state index < -0.39 is 0 Å². The second kappa shape index (κ2) is 4.34. The molecule has 0 unspecified atom stereocenters. The van der Waals surface area contributed by atoms with Crippen LogP contribution in [0.3, 0.4) is 0 Å². The van der Waals surface area contributed by atoms with Crippen molar-refractivity contribution in [3.63, 3.8) is 0 Å². The number of rotatable bonds is 3. The van der Waals surface area contributed by atoms with Gasteiger partial charge in [-0.1, -0.05) is 5.92 Å². The highest BCUT2D eigenvalue weighted by molar-refractivity contribution is 5.60. The summed E-state index contributed by atoms with van der Waals surface area (Å²) in [6, 6.07) is 7.82. The van der Waals surface area contributed by atoms with Gasteiger partial charge in [0, 0.05) is 11.3 Å². The van der Waals surface area contributed by atoms with Gasteiger partial charge in [0.05, 0.1) is 12.7 Å². The van der Waals surface area contributed by atoms with Crippen LogP contribution < -0.4 is 5.32 Å². The van der Waals surface area contributed by atoms with Crippen molar-refractivity contribution in [2.75, 3.05) is 11.9 Å². The Morgan fingerprint density at radius 2 is 2.13 bits per heavy atom. The molecule has 1 aromatic heterocycles. The van der Waals surface area contributed by atoms with Crippen molar-refractivity contribution in [3.8, 4) is 23.7 Å². The molecule has 0 aliphatic rings. The summed E-state index contributed by atoms with van der Waals surface area (Å²) in [6.07, 6.45) is 8.25. The molecule has 2 aromatic rings. The summed E-state index contributed by atoms with van der Waals surface area (Å²) >= 11 is 0. The first-order chi connectivity index (χ1) is 7.40. The fraction of sp³-hybridized carbons (Fsp3) is 0.0833. The number of hydrogen-bond acceptors (Lipinski definition) is 3. The van der Waals surface area contributed by atoms with Crippen molar-refractivity contribution in [1.82, 2.24) is 4.98 Å². The summed E-state index contributed by atoms with van der Waals surface area (Å²) in [5.41, 5.74) is 2.00. The molecule has 0 aliphatic heterocycles. The Kier molecular flexibility index (Phi) is 2.70. The highest BCUT2D eigenvalue weighted by Gasteiger charge is 2.00. The Hall–Kier alpha value is -2.21. The van der Waals surface area contributed by atoms with Gasteiger partial charge in [0.15, 0.2) is 12.2 Å². The van der Waals surface area contributed by atoms with E-state index in [2.05, 4.69) is 16.2 Å². The van der Waals surface area contributed by atoms with Crippen LogP contribution in [0.15, 0.2) is 41.3 Å². The molecule has 0 spiro atoms. The van der Waals surface area contributed by atoms with E-state index in [4.69, 9.17) is 10.8 Å². The summed E-state index contributed by atoms with van der Waals surface area (Å²) in [4.78, 5) is 3.86. The van der Waals surface area contributed by atoms with Gasteiger partial charge in [-0.3, -0.25) is 0 Å². The second-order valence-electron chi connectivity index (χ2n) is 3.00. The fourth-order valence-corrected chi connectivity index (χ4v) is 1.26. The number of anilines is 1. The minimum absolute atomic E-state index is 0.529. The maximum Gasteiger partial charge on any atom is 0.181 e. The van der Waals surface area contributed by atoms with E-state index in [9.17, 15) is 0 Å². The third-order valence-corrected chi connectivity index (χ3v) is 2.00. The maximum absolute atomic E-state index is 5.18. The van der Waals surface area contributed by atoms with Crippen molar-refractivity contribution in [2.45, 2.75) is 0 Å². The van der Waals surface area contributed by atoms with Gasteiger partial charge >= 0.3 is 0 Å². The summed E-state index contributed by atoms with van der Waals surface area (Å²) in [5, 5.41) is 3.08. The van der Waals surface area contributed by atoms with Crippen molar-refractivity contribution < 1.29 is 4.42 Å². The molecule has 3 heteroatoms. The molecule has 0 amide bonds. The molecule has 1 heterocycles. The number of nitrogens with one attached hydrogen (secondary N) is 1. The number of benzene rings is 1. The number of terminal acetylenes is 1. The minimum atomic E-state index is 0.529. The van der Waals surface area contributed by atoms with Gasteiger partial charge in [-0.2, -0.15) is 0 Å². The summed E-state index contributed by atoms with van der Waals surface area (Å²) in [5.74, 6) is 3.28. The molecule has 2 rings (SSSR count). The topological polar surface area (TPSA) is 38.1 Å². The van der Waals surface area contributed by atoms with Crippen molar-refractivity contribution >= 4 is 5.69 Å². The summed E-state index contributed by atoms with van der Waals surface area (Å²) < 4.78 is 5.18. The van der Waals surface area contributed by atoms with Crippen LogP contribution in [0.2, 0.25) is 0 Å². The highest BCUT2D eigenvalue weighted by Crippen LogP contribution is 2.20. The van der Waals surface area contributed by atoms with E-state index in [-0.39, 0.29) is 0 Å². The van der Waals surface area contributed by atoms with Gasteiger partial charge in [0.25, 0.3) is 0 Å². The first-order valence-corrected chi connectivity index (χ1v) is 4.56. The molecule has 0 saturated carbocycles. The van der Waals surface area contributed by atoms with Crippen molar-refractivity contribution in [1.29, 1.82) is 0 Å². The largest absolute Gasteiger partial charge is 0.444 e. The molecular formula is C12H10N2O. The van der Waals surface area contributed by atoms with E-state index in [0.717, 1.165) is 17.0 Å². The average Bonchev–Trinajstić information content (AvgIpc) is 2.80. The molecule has 15 heavy (non-hydrogen) atoms. The maximum atomic E-state index is 5.18. The predicted octanol–water partition coefficient (Wildman–Crippen LogP) is 2.39. The normalized spacial score (nSPS) is 9.53. The molecule has 74 valence electrons. The summed E-state index contributed by atoms with van der Waals surface area (Å²) in [7, 11) is 0. The molecule has 1 N–H and O–H groups in total. The van der Waals surface area contributed by atoms with Crippen LogP contribution in [0.5, 0.6) is 0 Å². The van der Waals surface area contributed by atoms with Gasteiger partial charge in [0.1, 0.15) is 0 Å². The fourth-order valence-electron chi connectivity index (χ4n) is 1.26. The van der Waals surface area contributed by atoms with Gasteiger partial charge in [0.2, 0.25) is 0 Å². The zero-order chi connectivity index (χ0) is 10.5. The summed E-state index contributed by atoms with van der Waals surface area (Å²) in [6.45, 7) is 0.529. The van der Waals surface area contributed by atoms with Crippen LogP contribution in [-0.2, 0) is 0 Å². The molecule has 1 aromatic carbocycles. The monoisotopic (exact) mass is 198 g/mol. The van der Waals surface area contributed by atoms with E-state index in [1.165, 1.54) is 6.39 Å². The smallest absolute Gasteiger partial charge is 0.181 e. The van der Waals surface area contributed by atoms with Crippen LogP contribution in [0.1, 0.15) is 0 Å². The Morgan fingerprint density at radius 1 is 1.33 bits per heavy atom. The number of hydrogen-bond donors (Lipinski definition) is 1. The molecule has 0 aliphatic carbocycles. The van der Waals surface area contributed by atoms with Gasteiger partial charge in [-0.05, 0) is 24.3 Å². The lowest BCUT2D eigenvalue weighted by Crippen LogP contribution is -1.97. The standard InChI is InChI=1S/C12H10N2O/c1-2-7-14-11-5-3-10(4-6-11)12-8-13-9-15-12/h1,3-6,8-9,14H,7H2. The van der Waals surface area contributed by atoms with Gasteiger partial charge in [-0.15, -0.1) is 6.42 Å². The van der Waals surface area contributed by atoms with Crippen LogP contribution in [-0.4, -0.2) is 11.5 Å². The Balaban J connectivity index is 2.15. The molecule has 3 nitrogen and oxygen atoms in total. The van der Waals surface area contributed by atoms with Crippen LogP contribution in [0.25, 0.3) is 11.3 Å². The Bertz CT molecular complexity index is 451. The molecule has 0 saturated heterocycles. The van der Waals surface area contributed by atoms with E-state index in [1.54, 1.807) is 6.20 Å². The predicted molar refractivity (Wildman–Crippen MR) is 59.3 cm³/mol. The zero-order valence-electron chi connectivity index (χ0n) is 8.10. The first-order valence-electron chi connectivity index (χ1n) is 4.56. The van der Waals surface area contributed by atoms with Crippen LogP contribution in [0, 0.1) is 12.3 Å². The van der Waals surface area contributed by atoms with E-state index in [1.807, 2.05) is 24.3 Å². The van der Waals surface area contributed by atoms with Crippen molar-refractivity contribution in [2.24, 2.45) is 0 Å². The lowest BCUT2D eigenvalue weighted by Gasteiger charge is -2.02. The Labute approximate surface area is 88.1 Å². The van der Waals surface area contributed by atoms with Gasteiger partial charge < -0.3 is 9.73 Å². The molecule has 0 radical (unpaired) electrons. The molecule has 0 bridgehead atoms. The zero-order valence-corrected chi connectivity index (χ0v) is 8.10. The molecule has 0 fully saturated rings. The first kappa shape index (κ1) is 9.35. The second-order valence-corrected chi connectivity index (χ2v) is 3.00. The van der Waals surface area contributed by atoms with Crippen molar-refractivity contribution in [3.05, 3.63) is 36.9 Å². The number of nitrogens with zero attached hydrogens (tertiary/aromatic N) is 1. The lowest BCUT2D eigenvalue weighted by molar-refractivity contribution is 0.572. The average molecular weight is 198 g/mol. The highest BCUT2D eigenvalue weighted by atomic mass is 16.3. The molecular weight excluding hydrogens is 188 g/mol. The van der Waals surface area contributed by atoms with Gasteiger partial charge in [-0.25, -0.2) is 4.98 Å². The lowest BCUT2D eigenvalue weighted by atomic mass is 10.2. The third-order valence-electron chi connectivity index (χ3n) is 2.00. The number of oxazole rings is 1. The Morgan fingerprint density at radius 3 is 2.73 bits per heavy atom. The quantitative estimate of drug-likeness (QED) is 0.769. The number of aromatic nitrogens is 1. The SMILES string of the molecule is C#CCNc1ccc(-c2cnco2)cc1. The minimum Gasteiger partial charge on any atom is -0.444 e. The van der Waals surface area contributed by atoms with E-state index in [0.29, 0.717) is 6.54 Å². The molecule has 0 atom stereocenters.